The third-order valence-electron chi connectivity index (χ3n) is 5.77. The van der Waals surface area contributed by atoms with Gasteiger partial charge < -0.3 is 9.47 Å². The quantitative estimate of drug-likeness (QED) is 0.530. The Morgan fingerprint density at radius 1 is 1.14 bits per heavy atom. The summed E-state index contributed by atoms with van der Waals surface area (Å²) in [5.74, 6) is 3.83. The van der Waals surface area contributed by atoms with Crippen molar-refractivity contribution in [3.8, 4) is 17.6 Å². The first kappa shape index (κ1) is 23.8. The molecule has 5 rings (SSSR count). The lowest BCUT2D eigenvalue weighted by Crippen LogP contribution is -2.30. The van der Waals surface area contributed by atoms with Gasteiger partial charge >= 0.3 is 10.2 Å². The van der Waals surface area contributed by atoms with Crippen molar-refractivity contribution < 1.29 is 27.1 Å². The number of halogens is 1. The highest BCUT2D eigenvalue weighted by Crippen LogP contribution is 2.36. The summed E-state index contributed by atoms with van der Waals surface area (Å²) in [5.41, 5.74) is 0.788. The van der Waals surface area contributed by atoms with Crippen LogP contribution in [0.4, 0.5) is 10.1 Å². The van der Waals surface area contributed by atoms with Gasteiger partial charge in [0.15, 0.2) is 5.82 Å². The number of nitrogens with one attached hydrogen (secondary N) is 1. The zero-order valence-corrected chi connectivity index (χ0v) is 20.0. The smallest absolute Gasteiger partial charge is 0.326 e. The summed E-state index contributed by atoms with van der Waals surface area (Å²) in [4.78, 5) is 11.8. The van der Waals surface area contributed by atoms with Crippen molar-refractivity contribution >= 4 is 21.8 Å². The Bertz CT molecular complexity index is 1440. The highest BCUT2D eigenvalue weighted by Gasteiger charge is 2.38. The van der Waals surface area contributed by atoms with E-state index >= 15 is 4.39 Å². The number of ether oxygens (including phenoxy) is 2. The van der Waals surface area contributed by atoms with Gasteiger partial charge in [0.05, 0.1) is 5.56 Å². The Morgan fingerprint density at radius 2 is 1.97 bits per heavy atom. The molecule has 186 valence electrons. The maximum atomic E-state index is 15.7. The van der Waals surface area contributed by atoms with Crippen LogP contribution in [0.3, 0.4) is 0 Å². The second-order valence-corrected chi connectivity index (χ2v) is 9.93. The van der Waals surface area contributed by atoms with Crippen molar-refractivity contribution in [2.75, 3.05) is 17.5 Å². The van der Waals surface area contributed by atoms with Crippen molar-refractivity contribution in [3.63, 3.8) is 0 Å². The summed E-state index contributed by atoms with van der Waals surface area (Å²) in [6, 6.07) is 13.7. The number of hydrogen-bond donors (Lipinski definition) is 1. The molecule has 3 aromatic rings. The average Bonchev–Trinajstić information content (AvgIpc) is 3.46. The van der Waals surface area contributed by atoms with Gasteiger partial charge in [-0.1, -0.05) is 36.3 Å². The number of nitrogens with zero attached hydrogens (tertiary/aromatic N) is 3. The van der Waals surface area contributed by atoms with Gasteiger partial charge in [0.2, 0.25) is 0 Å². The van der Waals surface area contributed by atoms with Crippen molar-refractivity contribution in [3.05, 3.63) is 77.4 Å². The minimum absolute atomic E-state index is 0.0271. The number of carbonyl (C=O) groups excluding carboxylic acids is 1. The van der Waals surface area contributed by atoms with Crippen molar-refractivity contribution in [2.45, 2.75) is 32.1 Å². The van der Waals surface area contributed by atoms with E-state index in [1.807, 2.05) is 35.1 Å². The Hall–Kier alpha value is -3.88. The summed E-state index contributed by atoms with van der Waals surface area (Å²) in [6.07, 6.45) is 4.54. The molecule has 2 aliphatic rings. The highest BCUT2D eigenvalue weighted by atomic mass is 32.2. The summed E-state index contributed by atoms with van der Waals surface area (Å²) in [7, 11) is -4.27. The zero-order valence-electron chi connectivity index (χ0n) is 19.2. The maximum Gasteiger partial charge on any atom is 0.326 e. The molecule has 1 N–H and O–H groups in total. The molecule has 1 amide bonds. The van der Waals surface area contributed by atoms with Crippen LogP contribution in [0, 0.1) is 17.7 Å². The normalized spacial score (nSPS) is 18.9. The first-order chi connectivity index (χ1) is 17.4. The molecule has 0 saturated carbocycles. The highest BCUT2D eigenvalue weighted by molar-refractivity contribution is 7.92. The van der Waals surface area contributed by atoms with E-state index in [2.05, 4.69) is 16.9 Å². The molecular formula is C25H23FN4O5S. The topological polar surface area (TPSA) is 103 Å². The molecule has 2 aromatic carbocycles. The Morgan fingerprint density at radius 3 is 2.69 bits per heavy atom. The van der Waals surface area contributed by atoms with Crippen LogP contribution < -0.4 is 13.8 Å². The van der Waals surface area contributed by atoms with E-state index in [4.69, 9.17) is 9.47 Å². The molecular weight excluding hydrogens is 487 g/mol. The molecule has 2 saturated heterocycles. The van der Waals surface area contributed by atoms with Crippen LogP contribution in [0.1, 0.15) is 42.3 Å². The lowest BCUT2D eigenvalue weighted by Gasteiger charge is -2.22. The van der Waals surface area contributed by atoms with Gasteiger partial charge in [-0.2, -0.15) is 13.5 Å². The van der Waals surface area contributed by atoms with Crippen LogP contribution in [0.2, 0.25) is 0 Å². The fourth-order valence-electron chi connectivity index (χ4n) is 4.00. The fraction of sp³-hybridized carbons (Fsp3) is 0.280. The molecule has 0 spiro atoms. The number of aromatic nitrogens is 2. The number of amides is 1. The van der Waals surface area contributed by atoms with E-state index in [0.29, 0.717) is 16.6 Å². The predicted octanol–water partition coefficient (Wildman–Crippen LogP) is 2.88. The van der Waals surface area contributed by atoms with Gasteiger partial charge in [-0.25, -0.2) is 18.1 Å². The van der Waals surface area contributed by atoms with Crippen LogP contribution in [0.25, 0.3) is 0 Å². The monoisotopic (exact) mass is 510 g/mol. The molecule has 0 radical (unpaired) electrons. The Labute approximate surface area is 208 Å². The van der Waals surface area contributed by atoms with Gasteiger partial charge in [0, 0.05) is 12.8 Å². The number of rotatable bonds is 5. The van der Waals surface area contributed by atoms with Crippen molar-refractivity contribution in [1.82, 2.24) is 14.5 Å². The molecule has 11 heteroatoms. The fourth-order valence-corrected chi connectivity index (χ4v) is 5.16. The summed E-state index contributed by atoms with van der Waals surface area (Å²) in [5, 5.41) is 4.40. The third-order valence-corrected chi connectivity index (χ3v) is 7.15. The van der Waals surface area contributed by atoms with Crippen molar-refractivity contribution in [1.29, 1.82) is 0 Å². The molecule has 0 aliphatic carbocycles. The van der Waals surface area contributed by atoms with Gasteiger partial charge in [0.25, 0.3) is 5.91 Å². The Balaban J connectivity index is 1.46. The predicted molar refractivity (Wildman–Crippen MR) is 129 cm³/mol. The molecule has 0 bridgehead atoms. The molecule has 1 unspecified atom stereocenters. The van der Waals surface area contributed by atoms with Crippen LogP contribution in [-0.4, -0.2) is 37.3 Å². The molecule has 1 aromatic heterocycles. The number of hydrogen-bond acceptors (Lipinski definition) is 6. The second-order valence-electron chi connectivity index (χ2n) is 8.34. The first-order valence-corrected chi connectivity index (χ1v) is 12.9. The standard InChI is InChI=1S/C25H23FN4O5S/c26-24-19(9-11-20-13-14-29(27-20)23-8-4-5-15-34-23)10-12-21(35-17-18-6-2-1-3-7-18)25(24)30-16-22(31)28-36(30,32)33/h1-3,6-7,10,12-14,23H,4-5,8,15-17H2,(H,28,31). The number of carbonyl (C=O) groups is 1. The number of benzene rings is 2. The van der Waals surface area contributed by atoms with Gasteiger partial charge in [0.1, 0.15) is 36.5 Å². The molecule has 3 heterocycles. The lowest BCUT2D eigenvalue weighted by molar-refractivity contribution is -0.117. The first-order valence-electron chi connectivity index (χ1n) is 11.4. The lowest BCUT2D eigenvalue weighted by atomic mass is 10.1. The number of anilines is 1. The van der Waals surface area contributed by atoms with Crippen LogP contribution >= 0.6 is 0 Å². The van der Waals surface area contributed by atoms with Crippen molar-refractivity contribution in [2.24, 2.45) is 0 Å². The zero-order chi connectivity index (χ0) is 25.1. The van der Waals surface area contributed by atoms with E-state index in [0.717, 1.165) is 24.8 Å². The minimum Gasteiger partial charge on any atom is -0.487 e. The summed E-state index contributed by atoms with van der Waals surface area (Å²) >= 11 is 0. The Kier molecular flexibility index (Phi) is 6.63. The SMILES string of the molecule is O=C1CN(c2c(OCc3ccccc3)ccc(C#Cc3ccn(C4CCCCO4)n3)c2F)S(=O)(=O)N1. The second kappa shape index (κ2) is 10.0. The van der Waals surface area contributed by atoms with Gasteiger partial charge in [-0.05, 0) is 48.9 Å². The van der Waals surface area contributed by atoms with Gasteiger partial charge in [-0.15, -0.1) is 0 Å². The summed E-state index contributed by atoms with van der Waals surface area (Å²) < 4.78 is 56.4. The van der Waals surface area contributed by atoms with Crippen LogP contribution in [0.5, 0.6) is 5.75 Å². The van der Waals surface area contributed by atoms with Crippen LogP contribution in [0.15, 0.2) is 54.7 Å². The van der Waals surface area contributed by atoms with E-state index < -0.39 is 28.5 Å². The average molecular weight is 511 g/mol. The van der Waals surface area contributed by atoms with E-state index in [1.165, 1.54) is 12.1 Å². The van der Waals surface area contributed by atoms with E-state index in [1.54, 1.807) is 16.9 Å². The molecule has 9 nitrogen and oxygen atoms in total. The molecule has 2 aliphatic heterocycles. The largest absolute Gasteiger partial charge is 0.487 e. The molecule has 36 heavy (non-hydrogen) atoms. The summed E-state index contributed by atoms with van der Waals surface area (Å²) in [6.45, 7) is 0.187. The molecule has 1 atom stereocenters. The third kappa shape index (κ3) is 5.05. The van der Waals surface area contributed by atoms with Crippen LogP contribution in [-0.2, 0) is 26.3 Å². The van der Waals surface area contributed by atoms with E-state index in [-0.39, 0.29) is 29.8 Å². The minimum atomic E-state index is -4.27. The van der Waals surface area contributed by atoms with Gasteiger partial charge in [-0.3, -0.25) is 4.79 Å². The molecule has 2 fully saturated rings. The maximum absolute atomic E-state index is 15.7. The van der Waals surface area contributed by atoms with E-state index in [9.17, 15) is 13.2 Å².